The summed E-state index contributed by atoms with van der Waals surface area (Å²) in [6, 6.07) is 14.9. The third-order valence-electron chi connectivity index (χ3n) is 3.13. The summed E-state index contributed by atoms with van der Waals surface area (Å²) in [7, 11) is 0. The third kappa shape index (κ3) is 5.06. The minimum Gasteiger partial charge on any atom is -0.370 e. The van der Waals surface area contributed by atoms with Crippen molar-refractivity contribution in [3.8, 4) is 0 Å². The average molecular weight is 341 g/mol. The summed E-state index contributed by atoms with van der Waals surface area (Å²) in [6.45, 7) is -1.61. The highest BCUT2D eigenvalue weighted by Crippen LogP contribution is 2.23. The predicted molar refractivity (Wildman–Crippen MR) is 81.4 cm³/mol. The number of amides is 1. The highest BCUT2D eigenvalue weighted by Gasteiger charge is 2.40. The molecular formula is C17H15F4NO2. The summed E-state index contributed by atoms with van der Waals surface area (Å²) in [5.74, 6) is -4.49. The Kier molecular flexibility index (Phi) is 5.92. The molecule has 0 saturated heterocycles. The van der Waals surface area contributed by atoms with E-state index in [-0.39, 0.29) is 12.5 Å². The van der Waals surface area contributed by atoms with Crippen molar-refractivity contribution < 1.29 is 27.1 Å². The highest BCUT2D eigenvalue weighted by molar-refractivity contribution is 6.04. The SMILES string of the molecule is O=C(Nc1ccccc1)c1ccc(COCC(F)(F)C(F)F)cc1. The van der Waals surface area contributed by atoms with Crippen molar-refractivity contribution in [2.45, 2.75) is 19.0 Å². The van der Waals surface area contributed by atoms with Crippen LogP contribution in [0.25, 0.3) is 0 Å². The number of halogens is 4. The minimum absolute atomic E-state index is 0.247. The van der Waals surface area contributed by atoms with Gasteiger partial charge in [-0.3, -0.25) is 4.79 Å². The molecule has 2 aromatic carbocycles. The zero-order valence-electron chi connectivity index (χ0n) is 12.5. The molecule has 0 saturated carbocycles. The molecule has 0 bridgehead atoms. The molecule has 0 radical (unpaired) electrons. The molecule has 24 heavy (non-hydrogen) atoms. The molecule has 0 atom stereocenters. The van der Waals surface area contributed by atoms with Gasteiger partial charge in [0.2, 0.25) is 0 Å². The van der Waals surface area contributed by atoms with Gasteiger partial charge in [0, 0.05) is 11.3 Å². The lowest BCUT2D eigenvalue weighted by Gasteiger charge is -2.15. The van der Waals surface area contributed by atoms with Gasteiger partial charge in [0.05, 0.1) is 6.61 Å². The normalized spacial score (nSPS) is 11.5. The van der Waals surface area contributed by atoms with Crippen molar-refractivity contribution in [3.05, 3.63) is 65.7 Å². The van der Waals surface area contributed by atoms with Crippen LogP contribution in [-0.2, 0) is 11.3 Å². The Labute approximate surface area is 136 Å². The van der Waals surface area contributed by atoms with Crippen molar-refractivity contribution in [2.75, 3.05) is 11.9 Å². The monoisotopic (exact) mass is 341 g/mol. The standard InChI is InChI=1S/C17H15F4NO2/c18-16(19)17(20,21)11-24-10-12-6-8-13(9-7-12)15(23)22-14-4-2-1-3-5-14/h1-9,16H,10-11H2,(H,22,23). The number of para-hydroxylation sites is 1. The molecule has 0 heterocycles. The average Bonchev–Trinajstić information content (AvgIpc) is 2.56. The van der Waals surface area contributed by atoms with Crippen LogP contribution in [0.1, 0.15) is 15.9 Å². The van der Waals surface area contributed by atoms with Gasteiger partial charge in [-0.05, 0) is 29.8 Å². The van der Waals surface area contributed by atoms with Crippen LogP contribution in [-0.4, -0.2) is 24.9 Å². The molecular weight excluding hydrogens is 326 g/mol. The summed E-state index contributed by atoms with van der Waals surface area (Å²) in [5.41, 5.74) is 1.51. The van der Waals surface area contributed by atoms with E-state index in [1.807, 2.05) is 6.07 Å². The molecule has 0 spiro atoms. The van der Waals surface area contributed by atoms with E-state index in [1.165, 1.54) is 24.3 Å². The lowest BCUT2D eigenvalue weighted by molar-refractivity contribution is -0.168. The predicted octanol–water partition coefficient (Wildman–Crippen LogP) is 4.36. The summed E-state index contributed by atoms with van der Waals surface area (Å²) in [4.78, 5) is 12.0. The van der Waals surface area contributed by atoms with E-state index in [2.05, 4.69) is 10.1 Å². The van der Waals surface area contributed by atoms with Crippen LogP contribution in [0.5, 0.6) is 0 Å². The second-order valence-electron chi connectivity index (χ2n) is 5.07. The fourth-order valence-corrected chi connectivity index (χ4v) is 1.85. The van der Waals surface area contributed by atoms with Crippen LogP contribution < -0.4 is 5.32 Å². The van der Waals surface area contributed by atoms with Gasteiger partial charge in [0.15, 0.2) is 0 Å². The smallest absolute Gasteiger partial charge is 0.330 e. The summed E-state index contributed by atoms with van der Waals surface area (Å²) in [5, 5.41) is 2.70. The molecule has 3 nitrogen and oxygen atoms in total. The van der Waals surface area contributed by atoms with Crippen LogP contribution in [0, 0.1) is 0 Å². The number of hydrogen-bond acceptors (Lipinski definition) is 2. The molecule has 1 amide bonds. The molecule has 0 fully saturated rings. The van der Waals surface area contributed by atoms with Crippen LogP contribution in [0.2, 0.25) is 0 Å². The van der Waals surface area contributed by atoms with Crippen LogP contribution >= 0.6 is 0 Å². The van der Waals surface area contributed by atoms with Crippen molar-refractivity contribution in [2.24, 2.45) is 0 Å². The zero-order chi connectivity index (χ0) is 17.6. The molecule has 0 aliphatic rings. The van der Waals surface area contributed by atoms with E-state index in [9.17, 15) is 22.4 Å². The molecule has 128 valence electrons. The maximum atomic E-state index is 12.7. The van der Waals surface area contributed by atoms with Gasteiger partial charge >= 0.3 is 12.3 Å². The Bertz CT molecular complexity index is 660. The minimum atomic E-state index is -4.17. The molecule has 0 aliphatic heterocycles. The van der Waals surface area contributed by atoms with Gasteiger partial charge in [-0.2, -0.15) is 8.78 Å². The first-order chi connectivity index (χ1) is 11.4. The fourth-order valence-electron chi connectivity index (χ4n) is 1.85. The number of carbonyl (C=O) groups excluding carboxylic acids is 1. The highest BCUT2D eigenvalue weighted by atomic mass is 19.3. The Morgan fingerprint density at radius 3 is 2.25 bits per heavy atom. The third-order valence-corrected chi connectivity index (χ3v) is 3.13. The largest absolute Gasteiger partial charge is 0.370 e. The van der Waals surface area contributed by atoms with E-state index < -0.39 is 19.0 Å². The van der Waals surface area contributed by atoms with E-state index in [0.29, 0.717) is 16.8 Å². The van der Waals surface area contributed by atoms with Gasteiger partial charge in [0.1, 0.15) is 6.61 Å². The van der Waals surface area contributed by atoms with Crippen LogP contribution in [0.4, 0.5) is 23.2 Å². The van der Waals surface area contributed by atoms with E-state index in [0.717, 1.165) is 0 Å². The second kappa shape index (κ2) is 7.92. The van der Waals surface area contributed by atoms with Crippen LogP contribution in [0.3, 0.4) is 0 Å². The maximum Gasteiger partial charge on any atom is 0.330 e. The quantitative estimate of drug-likeness (QED) is 0.760. The molecule has 2 rings (SSSR count). The summed E-state index contributed by atoms with van der Waals surface area (Å²) >= 11 is 0. The number of nitrogens with one attached hydrogen (secondary N) is 1. The molecule has 0 aliphatic carbocycles. The molecule has 2 aromatic rings. The first-order valence-electron chi connectivity index (χ1n) is 7.07. The van der Waals surface area contributed by atoms with Gasteiger partial charge in [-0.15, -0.1) is 0 Å². The van der Waals surface area contributed by atoms with E-state index in [1.54, 1.807) is 24.3 Å². The Morgan fingerprint density at radius 2 is 1.67 bits per heavy atom. The first kappa shape index (κ1) is 17.9. The molecule has 7 heteroatoms. The number of rotatable bonds is 7. The lowest BCUT2D eigenvalue weighted by Crippen LogP contribution is -2.32. The molecule has 1 N–H and O–H groups in total. The van der Waals surface area contributed by atoms with E-state index in [4.69, 9.17) is 0 Å². The number of hydrogen-bond donors (Lipinski definition) is 1. The summed E-state index contributed by atoms with van der Waals surface area (Å²) in [6.07, 6.45) is -3.76. The number of alkyl halides is 4. The first-order valence-corrected chi connectivity index (χ1v) is 7.07. The van der Waals surface area contributed by atoms with Gasteiger partial charge in [0.25, 0.3) is 5.91 Å². The maximum absolute atomic E-state index is 12.7. The number of benzene rings is 2. The van der Waals surface area contributed by atoms with Crippen molar-refractivity contribution in [1.29, 1.82) is 0 Å². The Balaban J connectivity index is 1.87. The second-order valence-corrected chi connectivity index (χ2v) is 5.07. The van der Waals surface area contributed by atoms with Crippen molar-refractivity contribution >= 4 is 11.6 Å². The molecule has 0 unspecified atom stereocenters. The van der Waals surface area contributed by atoms with Crippen molar-refractivity contribution in [1.82, 2.24) is 0 Å². The van der Waals surface area contributed by atoms with Gasteiger partial charge in [-0.25, -0.2) is 8.78 Å². The van der Waals surface area contributed by atoms with E-state index >= 15 is 0 Å². The van der Waals surface area contributed by atoms with Gasteiger partial charge in [-0.1, -0.05) is 30.3 Å². The summed E-state index contributed by atoms with van der Waals surface area (Å²) < 4.78 is 54.0. The number of carbonyl (C=O) groups is 1. The lowest BCUT2D eigenvalue weighted by atomic mass is 10.1. The number of anilines is 1. The fraction of sp³-hybridized carbons (Fsp3) is 0.235. The number of ether oxygens (including phenoxy) is 1. The Morgan fingerprint density at radius 1 is 1.04 bits per heavy atom. The zero-order valence-corrected chi connectivity index (χ0v) is 12.5. The Hall–Kier alpha value is -2.41. The molecule has 0 aromatic heterocycles. The van der Waals surface area contributed by atoms with Crippen molar-refractivity contribution in [3.63, 3.8) is 0 Å². The topological polar surface area (TPSA) is 38.3 Å². The van der Waals surface area contributed by atoms with Crippen LogP contribution in [0.15, 0.2) is 54.6 Å². The van der Waals surface area contributed by atoms with Gasteiger partial charge < -0.3 is 10.1 Å².